The Balaban J connectivity index is 1.14. The van der Waals surface area contributed by atoms with Gasteiger partial charge >= 0.3 is 6.03 Å². The molecular weight excluding hydrogens is 334 g/mol. The fourth-order valence-corrected chi connectivity index (χ4v) is 4.07. The number of hydrogen-bond acceptors (Lipinski definition) is 6. The Bertz CT molecular complexity index is 742. The lowest BCUT2D eigenvalue weighted by molar-refractivity contribution is -0.0551. The molecule has 2 aliphatic carbocycles. The summed E-state index contributed by atoms with van der Waals surface area (Å²) in [5.74, 6) is 1.90. The smallest absolute Gasteiger partial charge is 0.317 e. The molecule has 0 aromatic carbocycles. The van der Waals surface area contributed by atoms with Crippen LogP contribution in [0.5, 0.6) is 0 Å². The third kappa shape index (κ3) is 3.05. The predicted octanol–water partition coefficient (Wildman–Crippen LogP) is 2.18. The second kappa shape index (κ2) is 5.69. The average Bonchev–Trinajstić information content (AvgIpc) is 3.53. The minimum Gasteiger partial charge on any atom is -0.389 e. The van der Waals surface area contributed by atoms with Crippen molar-refractivity contribution in [1.82, 2.24) is 20.4 Å². The van der Waals surface area contributed by atoms with E-state index in [-0.39, 0.29) is 17.2 Å². The van der Waals surface area contributed by atoms with Gasteiger partial charge in [0.1, 0.15) is 5.60 Å². The molecule has 2 aliphatic heterocycles. The van der Waals surface area contributed by atoms with Crippen molar-refractivity contribution in [2.45, 2.75) is 69.4 Å². The molecule has 140 valence electrons. The first-order valence-electron chi connectivity index (χ1n) is 9.66. The summed E-state index contributed by atoms with van der Waals surface area (Å²) >= 11 is 0. The summed E-state index contributed by atoms with van der Waals surface area (Å²) in [4.78, 5) is 24.7. The fourth-order valence-electron chi connectivity index (χ4n) is 4.07. The van der Waals surface area contributed by atoms with Crippen molar-refractivity contribution < 1.29 is 14.2 Å². The fraction of sp³-hybridized carbons (Fsp3) is 0.778. The van der Waals surface area contributed by atoms with Gasteiger partial charge in [0.05, 0.1) is 17.7 Å². The van der Waals surface area contributed by atoms with Crippen molar-refractivity contribution in [1.29, 1.82) is 0 Å². The Hall–Kier alpha value is -2.12. The molecule has 3 fully saturated rings. The highest BCUT2D eigenvalue weighted by Gasteiger charge is 2.49. The van der Waals surface area contributed by atoms with E-state index in [0.717, 1.165) is 45.2 Å². The van der Waals surface area contributed by atoms with Crippen LogP contribution in [0.3, 0.4) is 0 Å². The Morgan fingerprint density at radius 3 is 2.65 bits per heavy atom. The van der Waals surface area contributed by atoms with Gasteiger partial charge < -0.3 is 19.6 Å². The van der Waals surface area contributed by atoms with Gasteiger partial charge in [-0.3, -0.25) is 0 Å². The second-order valence-electron chi connectivity index (χ2n) is 8.42. The molecule has 3 heterocycles. The minimum atomic E-state index is -0.211. The molecule has 5 rings (SSSR count). The van der Waals surface area contributed by atoms with Gasteiger partial charge in [0.2, 0.25) is 5.89 Å². The van der Waals surface area contributed by atoms with Gasteiger partial charge in [-0.05, 0) is 32.6 Å². The molecule has 2 amide bonds. The summed E-state index contributed by atoms with van der Waals surface area (Å²) in [6, 6.07) is 0.00918. The topological polar surface area (TPSA) is 92.9 Å². The predicted molar refractivity (Wildman–Crippen MR) is 92.6 cm³/mol. The Morgan fingerprint density at radius 1 is 1.27 bits per heavy atom. The number of rotatable bonds is 4. The number of hydrogen-bond donors (Lipinski definition) is 1. The summed E-state index contributed by atoms with van der Waals surface area (Å²) in [6.45, 7) is 3.24. The normalized spacial score (nSPS) is 25.7. The van der Waals surface area contributed by atoms with Crippen molar-refractivity contribution in [3.8, 4) is 0 Å². The first-order valence-corrected chi connectivity index (χ1v) is 9.66. The molecule has 2 saturated carbocycles. The molecule has 8 nitrogen and oxygen atoms in total. The van der Waals surface area contributed by atoms with Crippen molar-refractivity contribution in [2.24, 2.45) is 11.1 Å². The van der Waals surface area contributed by atoms with E-state index in [2.05, 4.69) is 20.6 Å². The number of piperidine rings is 1. The number of urea groups is 1. The van der Waals surface area contributed by atoms with Crippen LogP contribution >= 0.6 is 0 Å². The van der Waals surface area contributed by atoms with Gasteiger partial charge in [-0.2, -0.15) is 4.98 Å². The average molecular weight is 359 g/mol. The third-order valence-corrected chi connectivity index (χ3v) is 6.16. The van der Waals surface area contributed by atoms with Crippen LogP contribution in [0.15, 0.2) is 9.68 Å². The molecule has 0 radical (unpaired) electrons. The number of likely N-dealkylation sites (tertiary alicyclic amines) is 1. The summed E-state index contributed by atoms with van der Waals surface area (Å²) in [5.41, 5.74) is 0.875. The number of amides is 2. The van der Waals surface area contributed by atoms with Gasteiger partial charge in [0, 0.05) is 38.3 Å². The molecule has 1 aromatic rings. The Morgan fingerprint density at radius 2 is 2.04 bits per heavy atom. The van der Waals surface area contributed by atoms with E-state index in [1.54, 1.807) is 6.92 Å². The summed E-state index contributed by atoms with van der Waals surface area (Å²) in [7, 11) is 0. The highest BCUT2D eigenvalue weighted by atomic mass is 16.7. The number of carbonyl (C=O) groups is 1. The van der Waals surface area contributed by atoms with E-state index in [9.17, 15) is 4.79 Å². The maximum absolute atomic E-state index is 12.7. The van der Waals surface area contributed by atoms with Crippen LogP contribution in [0.4, 0.5) is 4.79 Å². The molecule has 1 spiro atoms. The summed E-state index contributed by atoms with van der Waals surface area (Å²) in [5, 5.41) is 11.4. The van der Waals surface area contributed by atoms with Crippen molar-refractivity contribution in [2.75, 3.05) is 13.1 Å². The SMILES string of the molecule is Cc1noc(CC2(NC(=O)N3CCC4(CC3)CC(C3CC3)=NO4)CC2)n1. The second-order valence-corrected chi connectivity index (χ2v) is 8.42. The Labute approximate surface area is 152 Å². The third-order valence-electron chi connectivity index (χ3n) is 6.16. The van der Waals surface area contributed by atoms with Gasteiger partial charge in [-0.25, -0.2) is 4.79 Å². The van der Waals surface area contributed by atoms with E-state index >= 15 is 0 Å². The van der Waals surface area contributed by atoms with E-state index in [1.165, 1.54) is 18.6 Å². The zero-order valence-corrected chi connectivity index (χ0v) is 15.2. The maximum atomic E-state index is 12.7. The van der Waals surface area contributed by atoms with E-state index in [1.807, 2.05) is 4.90 Å². The lowest BCUT2D eigenvalue weighted by Gasteiger charge is -2.37. The highest BCUT2D eigenvalue weighted by Crippen LogP contribution is 2.42. The van der Waals surface area contributed by atoms with E-state index in [0.29, 0.717) is 24.1 Å². The van der Waals surface area contributed by atoms with E-state index < -0.39 is 0 Å². The van der Waals surface area contributed by atoms with E-state index in [4.69, 9.17) is 9.36 Å². The number of nitrogens with one attached hydrogen (secondary N) is 1. The zero-order valence-electron chi connectivity index (χ0n) is 15.2. The highest BCUT2D eigenvalue weighted by molar-refractivity contribution is 5.90. The van der Waals surface area contributed by atoms with Crippen molar-refractivity contribution in [3.05, 3.63) is 11.7 Å². The van der Waals surface area contributed by atoms with Crippen LogP contribution in [0, 0.1) is 12.8 Å². The molecule has 4 aliphatic rings. The van der Waals surface area contributed by atoms with Gasteiger partial charge in [0.15, 0.2) is 5.82 Å². The molecule has 0 bridgehead atoms. The molecule has 8 heteroatoms. The zero-order chi connectivity index (χ0) is 17.8. The van der Waals surface area contributed by atoms with Crippen LogP contribution in [0.2, 0.25) is 0 Å². The Kier molecular flexibility index (Phi) is 3.52. The van der Waals surface area contributed by atoms with Crippen LogP contribution in [0.25, 0.3) is 0 Å². The number of carbonyl (C=O) groups excluding carboxylic acids is 1. The lowest BCUT2D eigenvalue weighted by atomic mass is 9.86. The van der Waals surface area contributed by atoms with Crippen LogP contribution < -0.4 is 5.32 Å². The van der Waals surface area contributed by atoms with Gasteiger partial charge in [-0.1, -0.05) is 10.3 Å². The standard InChI is InChI=1S/C18H25N5O3/c1-12-19-15(25-21-12)11-17(4-5-17)20-16(24)23-8-6-18(7-9-23)10-14(22-26-18)13-2-3-13/h13H,2-11H2,1H3,(H,20,24). The molecule has 1 saturated heterocycles. The van der Waals surface area contributed by atoms with Crippen LogP contribution in [-0.4, -0.2) is 51.0 Å². The van der Waals surface area contributed by atoms with Crippen LogP contribution in [0.1, 0.15) is 56.7 Å². The number of aryl methyl sites for hydroxylation is 1. The molecule has 1 aromatic heterocycles. The largest absolute Gasteiger partial charge is 0.389 e. The number of oxime groups is 1. The summed E-state index contributed by atoms with van der Waals surface area (Å²) < 4.78 is 5.21. The van der Waals surface area contributed by atoms with Crippen LogP contribution in [-0.2, 0) is 11.3 Å². The molecule has 1 N–H and O–H groups in total. The lowest BCUT2D eigenvalue weighted by Crippen LogP contribution is -2.53. The summed E-state index contributed by atoms with van der Waals surface area (Å²) in [6.07, 6.45) is 7.71. The number of aromatic nitrogens is 2. The first-order chi connectivity index (χ1) is 12.5. The monoisotopic (exact) mass is 359 g/mol. The maximum Gasteiger partial charge on any atom is 0.317 e. The minimum absolute atomic E-state index is 0.00918. The first kappa shape index (κ1) is 16.1. The van der Waals surface area contributed by atoms with Gasteiger partial charge in [-0.15, -0.1) is 0 Å². The van der Waals surface area contributed by atoms with Crippen molar-refractivity contribution >= 4 is 11.7 Å². The van der Waals surface area contributed by atoms with Crippen molar-refractivity contribution in [3.63, 3.8) is 0 Å². The molecule has 0 unspecified atom stereocenters. The number of nitrogens with zero attached hydrogens (tertiary/aromatic N) is 4. The quantitative estimate of drug-likeness (QED) is 0.889. The molecule has 26 heavy (non-hydrogen) atoms. The molecular formula is C18H25N5O3. The molecule has 0 atom stereocenters. The van der Waals surface area contributed by atoms with Gasteiger partial charge in [0.25, 0.3) is 0 Å².